The molecule has 2 nitrogen and oxygen atoms in total. The average Bonchev–Trinajstić information content (AvgIpc) is 2.61. The maximum atomic E-state index is 4.39. The van der Waals surface area contributed by atoms with Crippen LogP contribution in [-0.2, 0) is 6.54 Å². The summed E-state index contributed by atoms with van der Waals surface area (Å²) in [6.45, 7) is 9.61. The van der Waals surface area contributed by atoms with Gasteiger partial charge in [-0.05, 0) is 49.5 Å². The molecule has 0 radical (unpaired) electrons. The molecule has 0 bridgehead atoms. The van der Waals surface area contributed by atoms with Crippen LogP contribution in [0.1, 0.15) is 39.7 Å². The molecule has 0 aliphatic rings. The third kappa shape index (κ3) is 5.09. The number of hydrogen-bond acceptors (Lipinski definition) is 2. The summed E-state index contributed by atoms with van der Waals surface area (Å²) < 4.78 is 0. The Bertz CT molecular complexity index is 680. The Kier molecular flexibility index (Phi) is 6.80. The molecule has 0 fully saturated rings. The summed E-state index contributed by atoms with van der Waals surface area (Å²) in [6, 6.07) is 14.6. The van der Waals surface area contributed by atoms with E-state index in [-0.39, 0.29) is 0 Å². The number of hydrogen-bond donors (Lipinski definition) is 1. The zero-order valence-electron chi connectivity index (χ0n) is 15.2. The Morgan fingerprint density at radius 2 is 1.88 bits per heavy atom. The van der Waals surface area contributed by atoms with Gasteiger partial charge in [-0.3, -0.25) is 4.98 Å². The smallest absolute Gasteiger partial charge is 0.0701 e. The van der Waals surface area contributed by atoms with Crippen LogP contribution in [0.2, 0.25) is 0 Å². The lowest BCUT2D eigenvalue weighted by molar-refractivity contribution is 0.694. The zero-order valence-corrected chi connectivity index (χ0v) is 15.2. The van der Waals surface area contributed by atoms with E-state index in [1.54, 1.807) is 0 Å². The summed E-state index contributed by atoms with van der Waals surface area (Å²) in [5.74, 6) is 0.556. The van der Waals surface area contributed by atoms with Crippen LogP contribution in [0.3, 0.4) is 0 Å². The average molecular weight is 320 g/mol. The predicted molar refractivity (Wildman–Crippen MR) is 103 cm³/mol. The normalized spacial score (nSPS) is 12.5. The van der Waals surface area contributed by atoms with E-state index in [0.29, 0.717) is 5.92 Å². The summed E-state index contributed by atoms with van der Waals surface area (Å²) in [7, 11) is 0. The van der Waals surface area contributed by atoms with E-state index in [1.165, 1.54) is 16.8 Å². The molecule has 24 heavy (non-hydrogen) atoms. The van der Waals surface area contributed by atoms with Gasteiger partial charge in [-0.15, -0.1) is 0 Å². The van der Waals surface area contributed by atoms with E-state index in [1.807, 2.05) is 24.4 Å². The third-order valence-electron chi connectivity index (χ3n) is 4.22. The third-order valence-corrected chi connectivity index (χ3v) is 4.22. The zero-order chi connectivity index (χ0) is 17.4. The number of aromatic nitrogens is 1. The van der Waals surface area contributed by atoms with Crippen molar-refractivity contribution in [2.24, 2.45) is 5.92 Å². The van der Waals surface area contributed by atoms with Gasteiger partial charge in [0.05, 0.1) is 5.69 Å². The maximum Gasteiger partial charge on any atom is 0.0701 e. The molecule has 1 heterocycles. The fourth-order valence-electron chi connectivity index (χ4n) is 2.74. The Hall–Kier alpha value is -2.35. The van der Waals surface area contributed by atoms with Crippen molar-refractivity contribution in [2.75, 3.05) is 0 Å². The predicted octanol–water partition coefficient (Wildman–Crippen LogP) is 5.73. The monoisotopic (exact) mass is 320 g/mol. The molecule has 0 saturated carbocycles. The summed E-state index contributed by atoms with van der Waals surface area (Å²) in [4.78, 5) is 4.39. The maximum absolute atomic E-state index is 4.39. The molecule has 0 amide bonds. The lowest BCUT2D eigenvalue weighted by atomic mass is 9.97. The van der Waals surface area contributed by atoms with Crippen LogP contribution in [0.4, 0.5) is 0 Å². The standard InChI is InChI=1S/C22H28N2/c1-5-6-9-21(17(2)3)18(4)24-16-19-11-13-20(14-12-19)22-10-7-8-15-23-22/h5-8,10-15,17,24H,9,16H2,1-4H3/b6-5-,21-18+. The van der Waals surface area contributed by atoms with Gasteiger partial charge in [-0.2, -0.15) is 0 Å². The van der Waals surface area contributed by atoms with Gasteiger partial charge in [-0.1, -0.05) is 56.3 Å². The largest absolute Gasteiger partial charge is 0.385 e. The molecule has 1 N–H and O–H groups in total. The first kappa shape index (κ1) is 18.0. The molecular weight excluding hydrogens is 292 g/mol. The van der Waals surface area contributed by atoms with Crippen LogP contribution in [0.25, 0.3) is 11.3 Å². The first-order valence-corrected chi connectivity index (χ1v) is 8.66. The van der Waals surface area contributed by atoms with E-state index in [2.05, 4.69) is 74.4 Å². The number of nitrogens with zero attached hydrogens (tertiary/aromatic N) is 1. The van der Waals surface area contributed by atoms with Crippen LogP contribution >= 0.6 is 0 Å². The number of rotatable bonds is 7. The number of nitrogens with one attached hydrogen (secondary N) is 1. The van der Waals surface area contributed by atoms with Gasteiger partial charge < -0.3 is 5.32 Å². The Balaban J connectivity index is 2.03. The van der Waals surface area contributed by atoms with Crippen LogP contribution in [0.15, 0.2) is 72.1 Å². The lowest BCUT2D eigenvalue weighted by Crippen LogP contribution is -2.14. The van der Waals surface area contributed by atoms with Crippen molar-refractivity contribution in [2.45, 2.75) is 40.7 Å². The highest BCUT2D eigenvalue weighted by atomic mass is 14.9. The van der Waals surface area contributed by atoms with Crippen molar-refractivity contribution in [3.05, 3.63) is 77.6 Å². The minimum atomic E-state index is 0.556. The van der Waals surface area contributed by atoms with E-state index in [4.69, 9.17) is 0 Å². The van der Waals surface area contributed by atoms with Gasteiger partial charge in [0.2, 0.25) is 0 Å². The summed E-state index contributed by atoms with van der Waals surface area (Å²) in [5.41, 5.74) is 6.21. The van der Waals surface area contributed by atoms with Gasteiger partial charge in [-0.25, -0.2) is 0 Å². The van der Waals surface area contributed by atoms with Crippen molar-refractivity contribution < 1.29 is 0 Å². The molecule has 0 aliphatic carbocycles. The molecule has 0 spiro atoms. The topological polar surface area (TPSA) is 24.9 Å². The molecule has 0 saturated heterocycles. The molecular formula is C22H28N2. The fourth-order valence-corrected chi connectivity index (χ4v) is 2.74. The highest BCUT2D eigenvalue weighted by Crippen LogP contribution is 2.19. The molecule has 1 aromatic carbocycles. The van der Waals surface area contributed by atoms with Gasteiger partial charge in [0.15, 0.2) is 0 Å². The highest BCUT2D eigenvalue weighted by molar-refractivity contribution is 5.58. The molecule has 2 rings (SSSR count). The molecule has 2 heteroatoms. The lowest BCUT2D eigenvalue weighted by Gasteiger charge is -2.16. The van der Waals surface area contributed by atoms with Crippen molar-refractivity contribution in [1.29, 1.82) is 0 Å². The molecule has 0 atom stereocenters. The SMILES string of the molecule is C/C=C\C/C(=C(/C)NCc1ccc(-c2ccccn2)cc1)C(C)C. The van der Waals surface area contributed by atoms with Gasteiger partial charge in [0.1, 0.15) is 0 Å². The van der Waals surface area contributed by atoms with E-state index in [0.717, 1.165) is 24.2 Å². The second kappa shape index (κ2) is 9.07. The Morgan fingerprint density at radius 1 is 1.12 bits per heavy atom. The summed E-state index contributed by atoms with van der Waals surface area (Å²) >= 11 is 0. The highest BCUT2D eigenvalue weighted by Gasteiger charge is 2.06. The minimum absolute atomic E-state index is 0.556. The quantitative estimate of drug-likeness (QED) is 0.659. The second-order valence-electron chi connectivity index (χ2n) is 6.34. The van der Waals surface area contributed by atoms with E-state index < -0.39 is 0 Å². The number of pyridine rings is 1. The summed E-state index contributed by atoms with van der Waals surface area (Å²) in [6.07, 6.45) is 7.19. The van der Waals surface area contributed by atoms with Crippen LogP contribution in [0, 0.1) is 5.92 Å². The van der Waals surface area contributed by atoms with Crippen LogP contribution < -0.4 is 5.32 Å². The first-order valence-electron chi connectivity index (χ1n) is 8.66. The van der Waals surface area contributed by atoms with Crippen molar-refractivity contribution >= 4 is 0 Å². The van der Waals surface area contributed by atoms with E-state index >= 15 is 0 Å². The number of allylic oxidation sites excluding steroid dienone is 4. The first-order chi connectivity index (χ1) is 11.6. The summed E-state index contributed by atoms with van der Waals surface area (Å²) in [5, 5.41) is 3.58. The van der Waals surface area contributed by atoms with Gasteiger partial charge in [0, 0.05) is 24.0 Å². The molecule has 0 unspecified atom stereocenters. The van der Waals surface area contributed by atoms with Gasteiger partial charge in [0.25, 0.3) is 0 Å². The van der Waals surface area contributed by atoms with Gasteiger partial charge >= 0.3 is 0 Å². The second-order valence-corrected chi connectivity index (χ2v) is 6.34. The molecule has 1 aromatic heterocycles. The van der Waals surface area contributed by atoms with Crippen LogP contribution in [0.5, 0.6) is 0 Å². The number of benzene rings is 1. The van der Waals surface area contributed by atoms with Crippen molar-refractivity contribution in [1.82, 2.24) is 10.3 Å². The van der Waals surface area contributed by atoms with Crippen LogP contribution in [-0.4, -0.2) is 4.98 Å². The fraction of sp³-hybridized carbons (Fsp3) is 0.318. The minimum Gasteiger partial charge on any atom is -0.385 e. The Morgan fingerprint density at radius 3 is 2.46 bits per heavy atom. The van der Waals surface area contributed by atoms with E-state index in [9.17, 15) is 0 Å². The Labute approximate surface area is 146 Å². The van der Waals surface area contributed by atoms with Crippen molar-refractivity contribution in [3.63, 3.8) is 0 Å². The molecule has 0 aliphatic heterocycles. The molecule has 2 aromatic rings. The molecule has 126 valence electrons. The van der Waals surface area contributed by atoms with Crippen molar-refractivity contribution in [3.8, 4) is 11.3 Å².